The maximum absolute atomic E-state index is 7.35. The van der Waals surface area contributed by atoms with Crippen LogP contribution in [0.3, 0.4) is 0 Å². The Kier molecular flexibility index (Phi) is 13.3. The van der Waals surface area contributed by atoms with Crippen molar-refractivity contribution in [2.24, 2.45) is 0 Å². The molecule has 14 rings (SSSR count). The van der Waals surface area contributed by atoms with Crippen LogP contribution in [-0.4, -0.2) is 21.2 Å². The third-order valence-corrected chi connectivity index (χ3v) is 17.9. The molecule has 0 unspecified atom stereocenters. The monoisotopic (exact) mass is 1110 g/mol. The number of hydrogen-bond donors (Lipinski definition) is 0. The molecule has 0 aliphatic carbocycles. The Morgan fingerprint density at radius 2 is 1.07 bits per heavy atom. The van der Waals surface area contributed by atoms with E-state index < -0.39 is 0 Å². The summed E-state index contributed by atoms with van der Waals surface area (Å²) in [6, 6.07) is 81.4. The molecule has 7 heteroatoms. The fraction of sp³-hybridized carbons (Fsp3) is 0.143. The summed E-state index contributed by atoms with van der Waals surface area (Å²) in [5.41, 5.74) is 21.6. The molecule has 84 heavy (non-hydrogen) atoms. The smallest absolute Gasteiger partial charge is 0.137 e. The van der Waals surface area contributed by atoms with Gasteiger partial charge in [0.05, 0.1) is 32.8 Å². The summed E-state index contributed by atoms with van der Waals surface area (Å²) in [4.78, 5) is 15.1. The van der Waals surface area contributed by atoms with E-state index in [1.165, 1.54) is 59.1 Å². The summed E-state index contributed by atoms with van der Waals surface area (Å²) >= 11 is 1.84. The largest absolute Gasteiger partial charge is 0.457 e. The van der Waals surface area contributed by atoms with Crippen molar-refractivity contribution in [3.8, 4) is 73.0 Å². The van der Waals surface area contributed by atoms with Crippen LogP contribution in [-0.2, 0) is 5.41 Å². The van der Waals surface area contributed by atoms with E-state index in [-0.39, 0.29) is 17.3 Å². The quantitative estimate of drug-likeness (QED) is 0.122. The van der Waals surface area contributed by atoms with Crippen molar-refractivity contribution in [3.05, 3.63) is 260 Å². The van der Waals surface area contributed by atoms with E-state index >= 15 is 0 Å². The van der Waals surface area contributed by atoms with Gasteiger partial charge in [0, 0.05) is 63.0 Å². The number of nitrogens with zero attached hydrogens (tertiary/aromatic N) is 5. The van der Waals surface area contributed by atoms with Crippen LogP contribution in [0.5, 0.6) is 11.5 Å². The first-order chi connectivity index (χ1) is 40.9. The van der Waals surface area contributed by atoms with Crippen LogP contribution in [0, 0.1) is 0 Å². The number of para-hydroxylation sites is 2. The maximum atomic E-state index is 7.35. The molecule has 410 valence electrons. The Labute approximate surface area is 496 Å². The van der Waals surface area contributed by atoms with Gasteiger partial charge in [0.25, 0.3) is 0 Å². The van der Waals surface area contributed by atoms with Crippen molar-refractivity contribution in [1.29, 1.82) is 0 Å². The Balaban J connectivity index is 0.948. The number of rotatable bonds is 12. The molecule has 0 fully saturated rings. The number of hydrogen-bond acceptors (Lipinski definition) is 6. The first-order valence-corrected chi connectivity index (χ1v) is 30.1. The zero-order valence-electron chi connectivity index (χ0n) is 48.5. The molecule has 0 spiro atoms. The third kappa shape index (κ3) is 9.48. The van der Waals surface area contributed by atoms with Crippen LogP contribution in [0.15, 0.2) is 243 Å². The molecule has 4 aromatic heterocycles. The molecule has 9 aromatic carbocycles. The van der Waals surface area contributed by atoms with Gasteiger partial charge in [-0.1, -0.05) is 194 Å². The summed E-state index contributed by atoms with van der Waals surface area (Å²) < 4.78 is 12.2. The number of thiophene rings is 1. The Bertz CT molecular complexity index is 4500. The second-order valence-electron chi connectivity index (χ2n) is 23.8. The average molecular weight is 1110 g/mol. The van der Waals surface area contributed by atoms with Gasteiger partial charge in [0.15, 0.2) is 0 Å². The zero-order chi connectivity index (χ0) is 57.2. The molecule has 13 aromatic rings. The Morgan fingerprint density at radius 3 is 1.71 bits per heavy atom. The number of anilines is 4. The lowest BCUT2D eigenvalue weighted by Crippen LogP contribution is -2.25. The van der Waals surface area contributed by atoms with Gasteiger partial charge >= 0.3 is 0 Å². The lowest BCUT2D eigenvalue weighted by molar-refractivity contribution is 0.483. The van der Waals surface area contributed by atoms with Gasteiger partial charge in [0.2, 0.25) is 0 Å². The van der Waals surface area contributed by atoms with Crippen LogP contribution in [0.2, 0.25) is 0 Å². The normalized spacial score (nSPS) is 12.6. The summed E-state index contributed by atoms with van der Waals surface area (Å²) in [5.74, 6) is 2.96. The minimum atomic E-state index is -0.0597. The average Bonchev–Trinajstić information content (AvgIpc) is 3.70. The van der Waals surface area contributed by atoms with E-state index in [0.29, 0.717) is 6.67 Å². The number of fused-ring (bicyclic) bond motifs is 6. The highest BCUT2D eigenvalue weighted by Gasteiger charge is 2.33. The fourth-order valence-corrected chi connectivity index (χ4v) is 13.7. The van der Waals surface area contributed by atoms with E-state index in [4.69, 9.17) is 14.7 Å². The van der Waals surface area contributed by atoms with Gasteiger partial charge in [0.1, 0.15) is 24.0 Å². The predicted octanol–water partition coefficient (Wildman–Crippen LogP) is 21.7. The van der Waals surface area contributed by atoms with Crippen molar-refractivity contribution in [1.82, 2.24) is 14.5 Å². The van der Waals surface area contributed by atoms with Crippen molar-refractivity contribution in [2.75, 3.05) is 16.5 Å². The Hall–Kier alpha value is -9.56. The predicted molar refractivity (Wildman–Crippen MR) is 354 cm³/mol. The van der Waals surface area contributed by atoms with Crippen molar-refractivity contribution < 1.29 is 4.74 Å². The van der Waals surface area contributed by atoms with Crippen LogP contribution in [0.25, 0.3) is 92.7 Å². The molecule has 0 radical (unpaired) electrons. The van der Waals surface area contributed by atoms with Crippen LogP contribution in [0.4, 0.5) is 22.7 Å². The summed E-state index contributed by atoms with van der Waals surface area (Å²) in [7, 11) is 0. The molecule has 0 saturated heterocycles. The molecular formula is C77H65N5OS. The fourth-order valence-electron chi connectivity index (χ4n) is 12.5. The van der Waals surface area contributed by atoms with E-state index in [0.717, 1.165) is 84.5 Å². The highest BCUT2D eigenvalue weighted by atomic mass is 32.1. The van der Waals surface area contributed by atoms with Crippen molar-refractivity contribution in [3.63, 3.8) is 0 Å². The van der Waals surface area contributed by atoms with Gasteiger partial charge in [-0.05, 0) is 145 Å². The maximum Gasteiger partial charge on any atom is 0.137 e. The summed E-state index contributed by atoms with van der Waals surface area (Å²) in [5, 5.41) is 2.39. The van der Waals surface area contributed by atoms with Gasteiger partial charge in [-0.2, -0.15) is 0 Å². The summed E-state index contributed by atoms with van der Waals surface area (Å²) in [6.07, 6.45) is 6.06. The third-order valence-electron chi connectivity index (χ3n) is 16.7. The minimum absolute atomic E-state index is 0.0597. The molecule has 0 N–H and O–H groups in total. The SMILES string of the molecule is CC(C)c1cccc(C(C)C)c1-c1cc(Oc2ccc3c4sc5ccccc5c4n(-c4cc(C(C)(C)C)ccn4)c3c2)cc(N2CN(c3c(-c4cccc(-c5ccccc5)c4)cncc3-c3cccc(-c4ccccc4)c3)c3ccccc32)c1. The first kappa shape index (κ1) is 52.5. The molecule has 0 saturated carbocycles. The van der Waals surface area contributed by atoms with E-state index in [2.05, 4.69) is 300 Å². The molecule has 1 aliphatic heterocycles. The van der Waals surface area contributed by atoms with Crippen LogP contribution < -0.4 is 14.5 Å². The zero-order valence-corrected chi connectivity index (χ0v) is 49.3. The highest BCUT2D eigenvalue weighted by molar-refractivity contribution is 7.26. The van der Waals surface area contributed by atoms with Gasteiger partial charge in [-0.15, -0.1) is 11.3 Å². The topological polar surface area (TPSA) is 46.4 Å². The number of ether oxygens (including phenoxy) is 1. The first-order valence-electron chi connectivity index (χ1n) is 29.3. The lowest BCUT2D eigenvalue weighted by atomic mass is 9.85. The van der Waals surface area contributed by atoms with Gasteiger partial charge in [-0.25, -0.2) is 4.98 Å². The molecular weight excluding hydrogens is 1040 g/mol. The summed E-state index contributed by atoms with van der Waals surface area (Å²) in [6.45, 7) is 16.5. The van der Waals surface area contributed by atoms with Gasteiger partial charge < -0.3 is 14.5 Å². The molecule has 1 aliphatic rings. The molecule has 0 atom stereocenters. The van der Waals surface area contributed by atoms with Crippen molar-refractivity contribution in [2.45, 2.75) is 65.7 Å². The van der Waals surface area contributed by atoms with Crippen molar-refractivity contribution >= 4 is 65.3 Å². The molecule has 5 heterocycles. The number of benzene rings is 9. The number of aromatic nitrogens is 3. The molecule has 0 bridgehead atoms. The van der Waals surface area contributed by atoms with E-state index in [1.807, 2.05) is 17.5 Å². The number of pyridine rings is 2. The minimum Gasteiger partial charge on any atom is -0.457 e. The second kappa shape index (κ2) is 21.3. The van der Waals surface area contributed by atoms with E-state index in [1.54, 1.807) is 0 Å². The molecule has 6 nitrogen and oxygen atoms in total. The van der Waals surface area contributed by atoms with Crippen LogP contribution >= 0.6 is 11.3 Å². The van der Waals surface area contributed by atoms with Crippen LogP contribution in [0.1, 0.15) is 77.0 Å². The lowest BCUT2D eigenvalue weighted by Gasteiger charge is -2.28. The standard InChI is InChI=1S/C77H65N5OS/c1-49(2)62-30-20-31-63(50(3)4)73(62)57-41-59(44-61(42-57)83-60-35-36-64-70(45-60)82(72-43-58(37-38-79-72)77(5,6)7)75-65-29-14-17-34-71(65)84-76(64)75)80-48-81(69-33-16-15-32-68(69)80)74-66(55-27-18-25-53(39-55)51-21-10-8-11-22-51)46-78-47-67(74)56-28-19-26-54(40-56)52-23-12-9-13-24-52/h8-47,49-50H,48H2,1-7H3. The highest BCUT2D eigenvalue weighted by Crippen LogP contribution is 2.52. The van der Waals surface area contributed by atoms with Gasteiger partial charge in [-0.3, -0.25) is 9.55 Å². The van der Waals surface area contributed by atoms with E-state index in [9.17, 15) is 0 Å². The Morgan fingerprint density at radius 1 is 0.488 bits per heavy atom. The molecule has 0 amide bonds. The second-order valence-corrected chi connectivity index (χ2v) is 24.9.